The van der Waals surface area contributed by atoms with Gasteiger partial charge in [0.1, 0.15) is 13.2 Å². The molecule has 0 fully saturated rings. The number of benzene rings is 4. The smallest absolute Gasteiger partial charge is 0.257 e. The van der Waals surface area contributed by atoms with E-state index in [0.717, 1.165) is 11.1 Å². The van der Waals surface area contributed by atoms with E-state index < -0.39 is 0 Å². The van der Waals surface area contributed by atoms with Crippen molar-refractivity contribution in [2.24, 2.45) is 15.0 Å². The van der Waals surface area contributed by atoms with Crippen molar-refractivity contribution in [1.29, 1.82) is 0 Å². The minimum absolute atomic E-state index is 0.0371. The van der Waals surface area contributed by atoms with Crippen molar-refractivity contribution >= 4 is 41.3 Å². The third-order valence-electron chi connectivity index (χ3n) is 10.5. The van der Waals surface area contributed by atoms with Gasteiger partial charge in [0, 0.05) is 37.7 Å². The number of carbonyl (C=O) groups is 2. The fourth-order valence-corrected chi connectivity index (χ4v) is 7.53. The van der Waals surface area contributed by atoms with Gasteiger partial charge in [-0.3, -0.25) is 24.6 Å². The number of allylic oxidation sites excluding steroid dienone is 2. The van der Waals surface area contributed by atoms with E-state index >= 15 is 0 Å². The Labute approximate surface area is 325 Å². The molecule has 0 saturated carbocycles. The zero-order valence-corrected chi connectivity index (χ0v) is 31.3. The molecule has 11 nitrogen and oxygen atoms in total. The zero-order valence-electron chi connectivity index (χ0n) is 31.3. The molecule has 0 saturated heterocycles. The van der Waals surface area contributed by atoms with Crippen molar-refractivity contribution < 1.29 is 28.5 Å². The second-order valence-electron chi connectivity index (χ2n) is 13.8. The Morgan fingerprint density at radius 3 is 1.66 bits per heavy atom. The highest BCUT2D eigenvalue weighted by Crippen LogP contribution is 2.40. The van der Waals surface area contributed by atoms with Gasteiger partial charge in [0.2, 0.25) is 0 Å². The molecular formula is C45H41N5O6. The highest BCUT2D eigenvalue weighted by Gasteiger charge is 2.35. The van der Waals surface area contributed by atoms with Gasteiger partial charge in [-0.25, -0.2) is 0 Å². The van der Waals surface area contributed by atoms with E-state index in [1.165, 1.54) is 25.3 Å². The van der Waals surface area contributed by atoms with Gasteiger partial charge in [-0.1, -0.05) is 67.8 Å². The number of methoxy groups -OCH3 is 2. The minimum Gasteiger partial charge on any atom is -0.493 e. The SMILES string of the molecule is C=C/C=C(/COc1cc2c(cc1OC)C(=O)N1Cc3ccccc3C[C@H]1C=N2)N=C(C=C)COc1cc2c(cc1OC)C(=O)N1Cc3ccccc3C[C@H]1C=N2. The molecule has 0 aliphatic carbocycles. The maximum absolute atomic E-state index is 13.8. The largest absolute Gasteiger partial charge is 0.493 e. The molecular weight excluding hydrogens is 707 g/mol. The molecule has 0 spiro atoms. The molecule has 4 heterocycles. The summed E-state index contributed by atoms with van der Waals surface area (Å²) in [5, 5.41) is 0. The summed E-state index contributed by atoms with van der Waals surface area (Å²) < 4.78 is 23.8. The molecule has 0 aromatic heterocycles. The summed E-state index contributed by atoms with van der Waals surface area (Å²) in [6.45, 7) is 8.91. The molecule has 2 amide bonds. The van der Waals surface area contributed by atoms with Crippen LogP contribution < -0.4 is 18.9 Å². The molecule has 56 heavy (non-hydrogen) atoms. The molecule has 0 unspecified atom stereocenters. The van der Waals surface area contributed by atoms with E-state index in [9.17, 15) is 9.59 Å². The van der Waals surface area contributed by atoms with Crippen molar-refractivity contribution in [1.82, 2.24) is 9.80 Å². The third kappa shape index (κ3) is 6.99. The van der Waals surface area contributed by atoms with Gasteiger partial charge in [0.25, 0.3) is 11.8 Å². The van der Waals surface area contributed by atoms with Crippen molar-refractivity contribution in [2.45, 2.75) is 38.0 Å². The number of ether oxygens (including phenoxy) is 4. The summed E-state index contributed by atoms with van der Waals surface area (Å²) in [7, 11) is 3.07. The highest BCUT2D eigenvalue weighted by molar-refractivity contribution is 6.04. The second kappa shape index (κ2) is 15.5. The summed E-state index contributed by atoms with van der Waals surface area (Å²) in [6, 6.07) is 22.9. The lowest BCUT2D eigenvalue weighted by Crippen LogP contribution is -2.44. The quantitative estimate of drug-likeness (QED) is 0.117. The number of amides is 2. The predicted molar refractivity (Wildman–Crippen MR) is 217 cm³/mol. The number of carbonyl (C=O) groups excluding carboxylic acids is 2. The lowest BCUT2D eigenvalue weighted by atomic mass is 9.94. The molecule has 4 aromatic carbocycles. The van der Waals surface area contributed by atoms with E-state index in [2.05, 4.69) is 37.4 Å². The second-order valence-corrected chi connectivity index (χ2v) is 13.8. The Bertz CT molecular complexity index is 2380. The van der Waals surface area contributed by atoms with Crippen LogP contribution in [0.1, 0.15) is 43.0 Å². The summed E-state index contributed by atoms with van der Waals surface area (Å²) in [5.41, 5.74) is 7.66. The van der Waals surface area contributed by atoms with Gasteiger partial charge in [-0.2, -0.15) is 0 Å². The Kier molecular flexibility index (Phi) is 10.1. The zero-order chi connectivity index (χ0) is 38.8. The summed E-state index contributed by atoms with van der Waals surface area (Å²) in [5.74, 6) is 1.39. The van der Waals surface area contributed by atoms with E-state index in [-0.39, 0.29) is 37.1 Å². The average Bonchev–Trinajstić information content (AvgIpc) is 3.44. The minimum atomic E-state index is -0.155. The highest BCUT2D eigenvalue weighted by atomic mass is 16.5. The van der Waals surface area contributed by atoms with Gasteiger partial charge < -0.3 is 28.7 Å². The molecule has 11 heteroatoms. The molecule has 0 radical (unpaired) electrons. The van der Waals surface area contributed by atoms with E-state index in [1.807, 2.05) is 46.5 Å². The van der Waals surface area contributed by atoms with Crippen molar-refractivity contribution in [2.75, 3.05) is 27.4 Å². The van der Waals surface area contributed by atoms with Gasteiger partial charge >= 0.3 is 0 Å². The van der Waals surface area contributed by atoms with Crippen LogP contribution in [0, 0.1) is 0 Å². The third-order valence-corrected chi connectivity index (χ3v) is 10.5. The van der Waals surface area contributed by atoms with Crippen LogP contribution in [0.5, 0.6) is 23.0 Å². The molecule has 2 atom stereocenters. The van der Waals surface area contributed by atoms with Crippen LogP contribution in [-0.4, -0.2) is 79.3 Å². The van der Waals surface area contributed by atoms with E-state index in [1.54, 1.807) is 42.5 Å². The van der Waals surface area contributed by atoms with Crippen LogP contribution in [0.2, 0.25) is 0 Å². The number of hydrogen-bond acceptors (Lipinski definition) is 9. The maximum Gasteiger partial charge on any atom is 0.257 e. The first-order chi connectivity index (χ1) is 27.4. The molecule has 4 aromatic rings. The maximum atomic E-state index is 13.8. The number of aliphatic imine (C=N–C) groups is 3. The van der Waals surface area contributed by atoms with Crippen LogP contribution in [0.15, 0.2) is 125 Å². The monoisotopic (exact) mass is 747 g/mol. The molecule has 4 aliphatic heterocycles. The molecule has 0 N–H and O–H groups in total. The standard InChI is InChI=1S/C45H41N5O6/c1-5-11-33(27-56-43-21-39-37(19-41(43)54-4)45(52)50-25-31-15-10-8-13-29(31)17-35(50)23-47-39)48-32(6-2)26-55-42-20-38-36(18-40(42)53-3)44(51)49-24-30-14-9-7-12-28(30)16-34(49)22-46-38/h5-15,18-23,34-35H,1-2,16-17,24-27H2,3-4H3/b33-11-,48-32?/t34-,35-/m0/s1. The summed E-state index contributed by atoms with van der Waals surface area (Å²) >= 11 is 0. The van der Waals surface area contributed by atoms with Gasteiger partial charge in [-0.15, -0.1) is 0 Å². The molecule has 8 rings (SSSR count). The first-order valence-electron chi connectivity index (χ1n) is 18.4. The van der Waals surface area contributed by atoms with Crippen LogP contribution in [0.4, 0.5) is 11.4 Å². The van der Waals surface area contributed by atoms with Crippen LogP contribution in [0.3, 0.4) is 0 Å². The fraction of sp³-hybridized carbons (Fsp3) is 0.222. The Hall–Kier alpha value is -6.75. The first kappa shape index (κ1) is 36.2. The number of hydrogen-bond donors (Lipinski definition) is 0. The van der Waals surface area contributed by atoms with Crippen molar-refractivity contribution in [3.8, 4) is 23.0 Å². The Morgan fingerprint density at radius 2 is 1.20 bits per heavy atom. The molecule has 0 bridgehead atoms. The predicted octanol–water partition coefficient (Wildman–Crippen LogP) is 7.42. The topological polar surface area (TPSA) is 115 Å². The van der Waals surface area contributed by atoms with Crippen LogP contribution >= 0.6 is 0 Å². The van der Waals surface area contributed by atoms with Gasteiger partial charge in [-0.05, 0) is 59.4 Å². The average molecular weight is 748 g/mol. The lowest BCUT2D eigenvalue weighted by Gasteiger charge is -2.34. The first-order valence-corrected chi connectivity index (χ1v) is 18.4. The van der Waals surface area contributed by atoms with Gasteiger partial charge in [0.05, 0.1) is 60.2 Å². The van der Waals surface area contributed by atoms with Gasteiger partial charge in [0.15, 0.2) is 23.0 Å². The number of rotatable bonds is 11. The Balaban J connectivity index is 0.981. The van der Waals surface area contributed by atoms with Crippen LogP contribution in [0.25, 0.3) is 0 Å². The van der Waals surface area contributed by atoms with Crippen molar-refractivity contribution in [3.05, 3.63) is 143 Å². The molecule has 282 valence electrons. The fourth-order valence-electron chi connectivity index (χ4n) is 7.53. The number of fused-ring (bicyclic) bond motifs is 6. The van der Waals surface area contributed by atoms with E-state index in [4.69, 9.17) is 33.9 Å². The molecule has 4 aliphatic rings. The lowest BCUT2D eigenvalue weighted by molar-refractivity contribution is 0.0696. The Morgan fingerprint density at radius 1 is 0.714 bits per heavy atom. The normalized spacial score (nSPS) is 18.2. The number of nitrogens with zero attached hydrogens (tertiary/aromatic N) is 5. The van der Waals surface area contributed by atoms with E-state index in [0.29, 0.717) is 82.8 Å². The summed E-state index contributed by atoms with van der Waals surface area (Å²) in [4.78, 5) is 45.6. The summed E-state index contributed by atoms with van der Waals surface area (Å²) in [6.07, 6.45) is 10.0. The van der Waals surface area contributed by atoms with Crippen molar-refractivity contribution in [3.63, 3.8) is 0 Å². The van der Waals surface area contributed by atoms with Crippen LogP contribution in [-0.2, 0) is 25.9 Å².